The van der Waals surface area contributed by atoms with Gasteiger partial charge in [-0.15, -0.1) is 18.3 Å². The van der Waals surface area contributed by atoms with Crippen LogP contribution in [0, 0.1) is 0 Å². The SMILES string of the molecule is CC1=NN=C(c2ccc(Cl)cc2)c2cc(OC(F)(F)F)c(Cl)cc2C1. The van der Waals surface area contributed by atoms with Gasteiger partial charge in [-0.2, -0.15) is 5.10 Å². The molecular formula is C17H11Cl2F3N2O. The molecule has 0 atom stereocenters. The van der Waals surface area contributed by atoms with Crippen molar-refractivity contribution in [2.45, 2.75) is 19.7 Å². The lowest BCUT2D eigenvalue weighted by Crippen LogP contribution is -2.18. The van der Waals surface area contributed by atoms with Gasteiger partial charge < -0.3 is 4.74 Å². The second-order valence-corrected chi connectivity index (χ2v) is 6.30. The summed E-state index contributed by atoms with van der Waals surface area (Å²) in [6.07, 6.45) is -4.42. The second kappa shape index (κ2) is 6.69. The van der Waals surface area contributed by atoms with Gasteiger partial charge >= 0.3 is 6.36 Å². The van der Waals surface area contributed by atoms with Crippen molar-refractivity contribution in [2.24, 2.45) is 10.2 Å². The van der Waals surface area contributed by atoms with Gasteiger partial charge in [0.15, 0.2) is 0 Å². The second-order valence-electron chi connectivity index (χ2n) is 5.46. The van der Waals surface area contributed by atoms with E-state index in [1.807, 2.05) is 0 Å². The number of rotatable bonds is 2. The zero-order chi connectivity index (χ0) is 18.2. The molecule has 2 aromatic rings. The van der Waals surface area contributed by atoms with Gasteiger partial charge in [0.2, 0.25) is 0 Å². The summed E-state index contributed by atoms with van der Waals surface area (Å²) in [5.74, 6) is -0.478. The summed E-state index contributed by atoms with van der Waals surface area (Å²) in [5.41, 5.74) is 3.00. The largest absolute Gasteiger partial charge is 0.573 e. The molecule has 1 heterocycles. The average Bonchev–Trinajstić information content (AvgIpc) is 2.66. The van der Waals surface area contributed by atoms with E-state index in [2.05, 4.69) is 14.9 Å². The Labute approximate surface area is 151 Å². The van der Waals surface area contributed by atoms with Crippen LogP contribution in [0.25, 0.3) is 0 Å². The normalized spacial score (nSPS) is 14.3. The van der Waals surface area contributed by atoms with Crippen molar-refractivity contribution < 1.29 is 17.9 Å². The average molecular weight is 387 g/mol. The number of hydrogen-bond acceptors (Lipinski definition) is 3. The fourth-order valence-electron chi connectivity index (χ4n) is 2.49. The summed E-state index contributed by atoms with van der Waals surface area (Å²) >= 11 is 11.9. The van der Waals surface area contributed by atoms with Crippen molar-refractivity contribution >= 4 is 34.6 Å². The van der Waals surface area contributed by atoms with E-state index in [9.17, 15) is 13.2 Å². The molecule has 0 aromatic heterocycles. The number of ether oxygens (including phenoxy) is 1. The first-order valence-electron chi connectivity index (χ1n) is 7.18. The van der Waals surface area contributed by atoms with Crippen LogP contribution in [0.1, 0.15) is 23.6 Å². The Bertz CT molecular complexity index is 875. The first kappa shape index (κ1) is 17.8. The van der Waals surface area contributed by atoms with Gasteiger partial charge in [-0.25, -0.2) is 0 Å². The maximum absolute atomic E-state index is 12.6. The van der Waals surface area contributed by atoms with Crippen LogP contribution in [-0.2, 0) is 6.42 Å². The van der Waals surface area contributed by atoms with Gasteiger partial charge in [-0.1, -0.05) is 35.3 Å². The fraction of sp³-hybridized carbons (Fsp3) is 0.176. The van der Waals surface area contributed by atoms with Crippen molar-refractivity contribution in [3.8, 4) is 5.75 Å². The topological polar surface area (TPSA) is 34.0 Å². The smallest absolute Gasteiger partial charge is 0.404 e. The number of hydrogen-bond donors (Lipinski definition) is 0. The molecule has 0 unspecified atom stereocenters. The molecule has 0 radical (unpaired) electrons. The molecule has 3 nitrogen and oxygen atoms in total. The summed E-state index contributed by atoms with van der Waals surface area (Å²) in [5, 5.41) is 8.73. The maximum Gasteiger partial charge on any atom is 0.573 e. The molecule has 1 aliphatic rings. The molecule has 0 amide bonds. The number of nitrogens with zero attached hydrogens (tertiary/aromatic N) is 2. The lowest BCUT2D eigenvalue weighted by molar-refractivity contribution is -0.274. The van der Waals surface area contributed by atoms with Crippen LogP contribution in [0.3, 0.4) is 0 Å². The molecule has 1 aliphatic heterocycles. The molecule has 0 saturated carbocycles. The summed E-state index contributed by atoms with van der Waals surface area (Å²) < 4.78 is 41.9. The molecule has 0 aliphatic carbocycles. The Balaban J connectivity index is 2.15. The molecular weight excluding hydrogens is 376 g/mol. The zero-order valence-electron chi connectivity index (χ0n) is 12.9. The zero-order valence-corrected chi connectivity index (χ0v) is 14.4. The summed E-state index contributed by atoms with van der Waals surface area (Å²) in [4.78, 5) is 0. The summed E-state index contributed by atoms with van der Waals surface area (Å²) in [7, 11) is 0. The Morgan fingerprint density at radius 1 is 1.04 bits per heavy atom. The number of fused-ring (bicyclic) bond motifs is 1. The molecule has 8 heteroatoms. The van der Waals surface area contributed by atoms with E-state index in [0.29, 0.717) is 39.6 Å². The highest BCUT2D eigenvalue weighted by Crippen LogP contribution is 2.35. The Morgan fingerprint density at radius 3 is 2.36 bits per heavy atom. The summed E-state index contributed by atoms with van der Waals surface area (Å²) in [6.45, 7) is 1.78. The van der Waals surface area contributed by atoms with E-state index in [0.717, 1.165) is 0 Å². The van der Waals surface area contributed by atoms with Gasteiger partial charge in [0.25, 0.3) is 0 Å². The van der Waals surface area contributed by atoms with Crippen LogP contribution in [0.15, 0.2) is 46.6 Å². The third kappa shape index (κ3) is 4.14. The van der Waals surface area contributed by atoms with Crippen LogP contribution in [0.2, 0.25) is 10.0 Å². The minimum Gasteiger partial charge on any atom is -0.404 e. The highest BCUT2D eigenvalue weighted by Gasteiger charge is 2.33. The van der Waals surface area contributed by atoms with Crippen LogP contribution in [-0.4, -0.2) is 17.8 Å². The Kier molecular flexibility index (Phi) is 4.75. The highest BCUT2D eigenvalue weighted by atomic mass is 35.5. The molecule has 0 fully saturated rings. The monoisotopic (exact) mass is 386 g/mol. The molecule has 0 N–H and O–H groups in total. The lowest BCUT2D eigenvalue weighted by Gasteiger charge is -2.15. The molecule has 3 rings (SSSR count). The first-order valence-corrected chi connectivity index (χ1v) is 7.94. The minimum absolute atomic E-state index is 0.124. The van der Waals surface area contributed by atoms with Crippen molar-refractivity contribution in [2.75, 3.05) is 0 Å². The van der Waals surface area contributed by atoms with E-state index >= 15 is 0 Å². The van der Waals surface area contributed by atoms with Gasteiger partial charge in [-0.3, -0.25) is 0 Å². The Hall–Kier alpha value is -2.05. The number of benzene rings is 2. The van der Waals surface area contributed by atoms with Crippen LogP contribution in [0.4, 0.5) is 13.2 Å². The molecule has 25 heavy (non-hydrogen) atoms. The standard InChI is InChI=1S/C17H11Cl2F3N2O/c1-9-6-11-7-14(19)15(25-17(20,21)22)8-13(11)16(24-23-9)10-2-4-12(18)5-3-10/h2-5,7-8H,6H2,1H3. The van der Waals surface area contributed by atoms with Crippen molar-refractivity contribution in [1.29, 1.82) is 0 Å². The third-order valence-corrected chi connectivity index (χ3v) is 4.07. The number of halogens is 5. The van der Waals surface area contributed by atoms with E-state index in [-0.39, 0.29) is 5.02 Å². The minimum atomic E-state index is -4.84. The third-order valence-electron chi connectivity index (χ3n) is 3.52. The van der Waals surface area contributed by atoms with E-state index in [1.54, 1.807) is 31.2 Å². The van der Waals surface area contributed by atoms with Gasteiger partial charge in [0.1, 0.15) is 11.5 Å². The molecule has 0 bridgehead atoms. The van der Waals surface area contributed by atoms with Crippen molar-refractivity contribution in [3.63, 3.8) is 0 Å². The van der Waals surface area contributed by atoms with Crippen LogP contribution >= 0.6 is 23.2 Å². The fourth-order valence-corrected chi connectivity index (χ4v) is 2.84. The van der Waals surface area contributed by atoms with Crippen molar-refractivity contribution in [1.82, 2.24) is 0 Å². The predicted molar refractivity (Wildman–Crippen MR) is 92.0 cm³/mol. The summed E-state index contributed by atoms with van der Waals surface area (Å²) in [6, 6.07) is 9.48. The molecule has 0 spiro atoms. The van der Waals surface area contributed by atoms with Crippen molar-refractivity contribution in [3.05, 3.63) is 63.1 Å². The molecule has 0 saturated heterocycles. The van der Waals surface area contributed by atoms with Gasteiger partial charge in [0, 0.05) is 28.3 Å². The van der Waals surface area contributed by atoms with Gasteiger partial charge in [0.05, 0.1) is 5.02 Å². The lowest BCUT2D eigenvalue weighted by atomic mass is 9.95. The Morgan fingerprint density at radius 2 is 1.72 bits per heavy atom. The molecule has 2 aromatic carbocycles. The van der Waals surface area contributed by atoms with Crippen LogP contribution < -0.4 is 4.74 Å². The first-order chi connectivity index (χ1) is 11.7. The maximum atomic E-state index is 12.6. The highest BCUT2D eigenvalue weighted by molar-refractivity contribution is 6.32. The quantitative estimate of drug-likeness (QED) is 0.655. The van der Waals surface area contributed by atoms with Crippen LogP contribution in [0.5, 0.6) is 5.75 Å². The van der Waals surface area contributed by atoms with Gasteiger partial charge in [-0.05, 0) is 36.8 Å². The molecule has 130 valence electrons. The number of alkyl halides is 3. The van der Waals surface area contributed by atoms with E-state index in [4.69, 9.17) is 23.2 Å². The van der Waals surface area contributed by atoms with E-state index < -0.39 is 12.1 Å². The predicted octanol–water partition coefficient (Wildman–Crippen LogP) is 5.66. The van der Waals surface area contributed by atoms with E-state index in [1.165, 1.54) is 12.1 Å².